The summed E-state index contributed by atoms with van der Waals surface area (Å²) in [6.07, 6.45) is 52.9. The van der Waals surface area contributed by atoms with Gasteiger partial charge in [-0.15, -0.1) is 0 Å². The Hall–Kier alpha value is -1.06. The van der Waals surface area contributed by atoms with E-state index in [1.165, 1.54) is 225 Å². The zero-order chi connectivity index (χ0) is 36.4. The van der Waals surface area contributed by atoms with Crippen LogP contribution in [0, 0.1) is 0 Å². The number of carboxylic acids is 1. The van der Waals surface area contributed by atoms with Crippen molar-refractivity contribution < 1.29 is 19.4 Å². The normalized spacial score (nSPS) is 12.0. The SMILES string of the molecule is CCCCCCCCCCCCCCCCCCCCCCCC(=O)OC(C)CCCCCCCCCCCCCCCCCCCC(=O)O. The van der Waals surface area contributed by atoms with Crippen LogP contribution in [0.2, 0.25) is 0 Å². The Morgan fingerprint density at radius 3 is 0.900 bits per heavy atom. The van der Waals surface area contributed by atoms with Gasteiger partial charge in [-0.3, -0.25) is 9.59 Å². The predicted molar refractivity (Wildman–Crippen MR) is 218 cm³/mol. The Bertz CT molecular complexity index is 677. The van der Waals surface area contributed by atoms with Gasteiger partial charge in [0.1, 0.15) is 0 Å². The minimum Gasteiger partial charge on any atom is -0.481 e. The van der Waals surface area contributed by atoms with Crippen LogP contribution in [0.15, 0.2) is 0 Å². The highest BCUT2D eigenvalue weighted by Gasteiger charge is 2.09. The molecule has 1 N–H and O–H groups in total. The van der Waals surface area contributed by atoms with Gasteiger partial charge >= 0.3 is 11.9 Å². The number of carbonyl (C=O) groups excluding carboxylic acids is 1. The molecule has 1 atom stereocenters. The molecule has 0 heterocycles. The number of carbonyl (C=O) groups is 2. The summed E-state index contributed by atoms with van der Waals surface area (Å²) in [6.45, 7) is 4.37. The molecule has 4 heteroatoms. The first-order valence-corrected chi connectivity index (χ1v) is 23.0. The molecule has 1 unspecified atom stereocenters. The number of unbranched alkanes of at least 4 members (excludes halogenated alkanes) is 36. The van der Waals surface area contributed by atoms with Crippen molar-refractivity contribution in [2.45, 2.75) is 283 Å². The average Bonchev–Trinajstić information content (AvgIpc) is 3.09. The highest BCUT2D eigenvalue weighted by Crippen LogP contribution is 2.17. The van der Waals surface area contributed by atoms with E-state index in [-0.39, 0.29) is 12.1 Å². The van der Waals surface area contributed by atoms with Gasteiger partial charge in [-0.1, -0.05) is 232 Å². The van der Waals surface area contributed by atoms with Crippen LogP contribution in [0.5, 0.6) is 0 Å². The van der Waals surface area contributed by atoms with Gasteiger partial charge in [0.05, 0.1) is 6.10 Å². The summed E-state index contributed by atoms with van der Waals surface area (Å²) < 4.78 is 5.68. The molecule has 0 aliphatic heterocycles. The summed E-state index contributed by atoms with van der Waals surface area (Å²) in [6, 6.07) is 0. The summed E-state index contributed by atoms with van der Waals surface area (Å²) in [5.74, 6) is -0.646. The number of hydrogen-bond donors (Lipinski definition) is 1. The molecule has 0 bridgehead atoms. The maximum absolute atomic E-state index is 12.2. The van der Waals surface area contributed by atoms with Gasteiger partial charge in [0.25, 0.3) is 0 Å². The minimum atomic E-state index is -0.660. The summed E-state index contributed by atoms with van der Waals surface area (Å²) in [5.41, 5.74) is 0. The van der Waals surface area contributed by atoms with Crippen LogP contribution in [0.4, 0.5) is 0 Å². The Morgan fingerprint density at radius 1 is 0.380 bits per heavy atom. The summed E-state index contributed by atoms with van der Waals surface area (Å²) in [7, 11) is 0. The summed E-state index contributed by atoms with van der Waals surface area (Å²) >= 11 is 0. The lowest BCUT2D eigenvalue weighted by Gasteiger charge is -2.13. The number of hydrogen-bond acceptors (Lipinski definition) is 3. The lowest BCUT2D eigenvalue weighted by molar-refractivity contribution is -0.148. The van der Waals surface area contributed by atoms with E-state index < -0.39 is 5.97 Å². The standard InChI is InChI=1S/C46H90O4/c1-3-4-5-6-7-8-9-10-11-12-13-14-15-19-22-25-28-31-34-37-40-43-46(49)50-44(2)41-38-35-32-29-26-23-20-17-16-18-21-24-27-30-33-36-39-42-45(47)48/h44H,3-43H2,1-2H3,(H,47,48). The average molecular weight is 707 g/mol. The van der Waals surface area contributed by atoms with Crippen molar-refractivity contribution in [2.24, 2.45) is 0 Å². The van der Waals surface area contributed by atoms with E-state index in [0.717, 1.165) is 25.7 Å². The second kappa shape index (κ2) is 42.4. The maximum Gasteiger partial charge on any atom is 0.306 e. The minimum absolute atomic E-state index is 0.0141. The molecule has 0 aromatic carbocycles. The van der Waals surface area contributed by atoms with Crippen LogP contribution in [-0.4, -0.2) is 23.1 Å². The van der Waals surface area contributed by atoms with E-state index in [1.807, 2.05) is 0 Å². The van der Waals surface area contributed by atoms with Gasteiger partial charge in [-0.05, 0) is 32.6 Å². The predicted octanol–water partition coefficient (Wildman–Crippen LogP) is 16.0. The maximum atomic E-state index is 12.2. The van der Waals surface area contributed by atoms with Gasteiger partial charge in [-0.2, -0.15) is 0 Å². The molecule has 0 aliphatic rings. The molecule has 4 nitrogen and oxygen atoms in total. The second-order valence-corrected chi connectivity index (χ2v) is 16.1. The van der Waals surface area contributed by atoms with Crippen LogP contribution >= 0.6 is 0 Å². The molecule has 298 valence electrons. The first-order valence-electron chi connectivity index (χ1n) is 23.0. The summed E-state index contributed by atoms with van der Waals surface area (Å²) in [4.78, 5) is 22.7. The molecule has 0 saturated carbocycles. The number of ether oxygens (including phenoxy) is 1. The molecular formula is C46H90O4. The van der Waals surface area contributed by atoms with Crippen molar-refractivity contribution in [2.75, 3.05) is 0 Å². The number of rotatable bonds is 43. The third kappa shape index (κ3) is 43.1. The first-order chi connectivity index (χ1) is 24.6. The molecule has 0 aliphatic carbocycles. The van der Waals surface area contributed by atoms with Crippen molar-refractivity contribution in [1.29, 1.82) is 0 Å². The smallest absolute Gasteiger partial charge is 0.306 e. The lowest BCUT2D eigenvalue weighted by atomic mass is 10.0. The Morgan fingerprint density at radius 2 is 0.620 bits per heavy atom. The molecule has 0 aromatic heterocycles. The van der Waals surface area contributed by atoms with Gasteiger partial charge < -0.3 is 9.84 Å². The van der Waals surface area contributed by atoms with Gasteiger partial charge in [0.15, 0.2) is 0 Å². The second-order valence-electron chi connectivity index (χ2n) is 16.1. The zero-order valence-corrected chi connectivity index (χ0v) is 34.2. The van der Waals surface area contributed by atoms with Crippen LogP contribution in [0.1, 0.15) is 277 Å². The van der Waals surface area contributed by atoms with Crippen molar-refractivity contribution in [3.05, 3.63) is 0 Å². The quantitative estimate of drug-likeness (QED) is 0.0506. The highest BCUT2D eigenvalue weighted by atomic mass is 16.5. The molecule has 0 spiro atoms. The van der Waals surface area contributed by atoms with E-state index >= 15 is 0 Å². The highest BCUT2D eigenvalue weighted by molar-refractivity contribution is 5.69. The van der Waals surface area contributed by atoms with Crippen molar-refractivity contribution in [1.82, 2.24) is 0 Å². The van der Waals surface area contributed by atoms with Crippen molar-refractivity contribution in [3.63, 3.8) is 0 Å². The largest absolute Gasteiger partial charge is 0.481 e. The molecule has 0 fully saturated rings. The molecule has 0 amide bonds. The Labute approximate surface area is 313 Å². The molecule has 0 radical (unpaired) electrons. The molecular weight excluding hydrogens is 617 g/mol. The van der Waals surface area contributed by atoms with E-state index in [4.69, 9.17) is 9.84 Å². The van der Waals surface area contributed by atoms with E-state index in [2.05, 4.69) is 13.8 Å². The third-order valence-electron chi connectivity index (χ3n) is 10.8. The van der Waals surface area contributed by atoms with Gasteiger partial charge in [0, 0.05) is 12.8 Å². The van der Waals surface area contributed by atoms with Crippen LogP contribution in [0.3, 0.4) is 0 Å². The third-order valence-corrected chi connectivity index (χ3v) is 10.8. The number of carboxylic acid groups (broad SMARTS) is 1. The van der Waals surface area contributed by atoms with E-state index in [9.17, 15) is 9.59 Å². The van der Waals surface area contributed by atoms with Crippen LogP contribution in [-0.2, 0) is 14.3 Å². The van der Waals surface area contributed by atoms with Gasteiger partial charge in [0.2, 0.25) is 0 Å². The topological polar surface area (TPSA) is 63.6 Å². The number of esters is 1. The lowest BCUT2D eigenvalue weighted by Crippen LogP contribution is -2.14. The van der Waals surface area contributed by atoms with E-state index in [1.54, 1.807) is 0 Å². The van der Waals surface area contributed by atoms with Crippen LogP contribution < -0.4 is 0 Å². The van der Waals surface area contributed by atoms with Gasteiger partial charge in [-0.25, -0.2) is 0 Å². The van der Waals surface area contributed by atoms with Crippen molar-refractivity contribution >= 4 is 11.9 Å². The Balaban J connectivity index is 3.25. The molecule has 0 rings (SSSR count). The fourth-order valence-electron chi connectivity index (χ4n) is 7.40. The van der Waals surface area contributed by atoms with Crippen molar-refractivity contribution in [3.8, 4) is 0 Å². The number of aliphatic carboxylic acids is 1. The fourth-order valence-corrected chi connectivity index (χ4v) is 7.40. The first kappa shape index (κ1) is 48.9. The zero-order valence-electron chi connectivity index (χ0n) is 34.2. The molecule has 0 saturated heterocycles. The summed E-state index contributed by atoms with van der Waals surface area (Å²) in [5, 5.41) is 8.66. The molecule has 0 aromatic rings. The Kier molecular flexibility index (Phi) is 41.5. The molecule has 50 heavy (non-hydrogen) atoms. The monoisotopic (exact) mass is 707 g/mol. The van der Waals surface area contributed by atoms with Crippen LogP contribution in [0.25, 0.3) is 0 Å². The van der Waals surface area contributed by atoms with E-state index in [0.29, 0.717) is 12.8 Å². The fraction of sp³-hybridized carbons (Fsp3) is 0.957.